The molecule has 0 heteroatoms. The molecule has 0 aliphatic heterocycles. The summed E-state index contributed by atoms with van der Waals surface area (Å²) in [5.74, 6) is 1.81. The van der Waals surface area contributed by atoms with Gasteiger partial charge in [0.05, 0.1) is 0 Å². The van der Waals surface area contributed by atoms with E-state index in [2.05, 4.69) is 41.5 Å². The fraction of sp³-hybridized carbons (Fsp3) is 1.00. The van der Waals surface area contributed by atoms with Crippen molar-refractivity contribution in [2.75, 3.05) is 0 Å². The van der Waals surface area contributed by atoms with Gasteiger partial charge in [0, 0.05) is 0 Å². The summed E-state index contributed by atoms with van der Waals surface area (Å²) in [6.07, 6.45) is 2.71. The Morgan fingerprint density at radius 3 is 1.75 bits per heavy atom. The second-order valence-corrected chi connectivity index (χ2v) is 5.17. The minimum absolute atomic E-state index is 0.622. The number of hydrogen-bond donors (Lipinski definition) is 0. The van der Waals surface area contributed by atoms with Crippen LogP contribution in [0.4, 0.5) is 0 Å². The summed E-state index contributed by atoms with van der Waals surface area (Å²) in [4.78, 5) is 0. The molecule has 1 rings (SSSR count). The minimum Gasteiger partial charge on any atom is -0.0651 e. The molecule has 0 N–H and O–H groups in total. The van der Waals surface area contributed by atoms with Gasteiger partial charge in [0.1, 0.15) is 0 Å². The number of rotatable bonds is 3. The van der Waals surface area contributed by atoms with Crippen LogP contribution >= 0.6 is 0 Å². The maximum atomic E-state index is 2.48. The Morgan fingerprint density at radius 1 is 1.17 bits per heavy atom. The topological polar surface area (TPSA) is 0 Å². The standard InChI is InChI=1S/C12H24/c1-7-10-11(5,8-2)12(10,6)9(3)4/h9-10H,7-8H2,1-6H3. The van der Waals surface area contributed by atoms with Gasteiger partial charge in [-0.2, -0.15) is 0 Å². The first kappa shape index (κ1) is 10.1. The zero-order valence-electron chi connectivity index (χ0n) is 9.57. The van der Waals surface area contributed by atoms with Crippen molar-refractivity contribution in [3.63, 3.8) is 0 Å². The monoisotopic (exact) mass is 168 g/mol. The smallest absolute Gasteiger partial charge is 0.0213 e. The van der Waals surface area contributed by atoms with Gasteiger partial charge in [-0.05, 0) is 29.1 Å². The Labute approximate surface area is 77.7 Å². The third-order valence-corrected chi connectivity index (χ3v) is 4.98. The van der Waals surface area contributed by atoms with Gasteiger partial charge in [-0.15, -0.1) is 0 Å². The predicted octanol–water partition coefficient (Wildman–Crippen LogP) is 4.10. The Balaban J connectivity index is 2.82. The Hall–Kier alpha value is 0. The van der Waals surface area contributed by atoms with Gasteiger partial charge in [-0.25, -0.2) is 0 Å². The van der Waals surface area contributed by atoms with Crippen LogP contribution in [-0.4, -0.2) is 0 Å². The lowest BCUT2D eigenvalue weighted by Gasteiger charge is -2.20. The van der Waals surface area contributed by atoms with E-state index >= 15 is 0 Å². The van der Waals surface area contributed by atoms with Crippen LogP contribution in [0.25, 0.3) is 0 Å². The molecular weight excluding hydrogens is 144 g/mol. The molecule has 3 unspecified atom stereocenters. The Kier molecular flexibility index (Phi) is 2.31. The Bertz CT molecular complexity index is 171. The zero-order valence-corrected chi connectivity index (χ0v) is 9.57. The summed E-state index contributed by atoms with van der Waals surface area (Å²) in [7, 11) is 0. The molecule has 0 nitrogen and oxygen atoms in total. The van der Waals surface area contributed by atoms with Crippen molar-refractivity contribution in [3.05, 3.63) is 0 Å². The first-order valence-electron chi connectivity index (χ1n) is 5.45. The van der Waals surface area contributed by atoms with Crippen molar-refractivity contribution in [1.82, 2.24) is 0 Å². The van der Waals surface area contributed by atoms with Crippen molar-refractivity contribution in [3.8, 4) is 0 Å². The van der Waals surface area contributed by atoms with Gasteiger partial charge < -0.3 is 0 Å². The highest BCUT2D eigenvalue weighted by atomic mass is 14.7. The highest BCUT2D eigenvalue weighted by molar-refractivity contribution is 5.16. The summed E-state index contributed by atoms with van der Waals surface area (Å²) < 4.78 is 0. The molecule has 3 atom stereocenters. The van der Waals surface area contributed by atoms with E-state index in [9.17, 15) is 0 Å². The number of hydrogen-bond acceptors (Lipinski definition) is 0. The van der Waals surface area contributed by atoms with Crippen molar-refractivity contribution < 1.29 is 0 Å². The third kappa shape index (κ3) is 0.900. The average Bonchev–Trinajstić information content (AvgIpc) is 2.52. The highest BCUT2D eigenvalue weighted by Crippen LogP contribution is 2.74. The van der Waals surface area contributed by atoms with Crippen LogP contribution in [0.5, 0.6) is 0 Å². The largest absolute Gasteiger partial charge is 0.0651 e. The summed E-state index contributed by atoms with van der Waals surface area (Å²) in [5.41, 5.74) is 1.26. The molecule has 12 heavy (non-hydrogen) atoms. The van der Waals surface area contributed by atoms with Crippen molar-refractivity contribution >= 4 is 0 Å². The maximum Gasteiger partial charge on any atom is -0.0213 e. The van der Waals surface area contributed by atoms with Crippen LogP contribution in [0.2, 0.25) is 0 Å². The van der Waals surface area contributed by atoms with E-state index in [4.69, 9.17) is 0 Å². The van der Waals surface area contributed by atoms with Crippen molar-refractivity contribution in [2.45, 2.75) is 54.4 Å². The van der Waals surface area contributed by atoms with Crippen LogP contribution < -0.4 is 0 Å². The van der Waals surface area contributed by atoms with E-state index in [1.165, 1.54) is 12.8 Å². The second kappa shape index (κ2) is 2.75. The molecule has 0 radical (unpaired) electrons. The van der Waals surface area contributed by atoms with Crippen molar-refractivity contribution in [2.24, 2.45) is 22.7 Å². The average molecular weight is 168 g/mol. The second-order valence-electron chi connectivity index (χ2n) is 5.17. The molecular formula is C12H24. The maximum absolute atomic E-state index is 2.48. The molecule has 0 aromatic carbocycles. The van der Waals surface area contributed by atoms with Crippen LogP contribution in [0.15, 0.2) is 0 Å². The van der Waals surface area contributed by atoms with Gasteiger partial charge in [-0.1, -0.05) is 48.0 Å². The van der Waals surface area contributed by atoms with E-state index < -0.39 is 0 Å². The molecule has 72 valence electrons. The molecule has 0 saturated heterocycles. The fourth-order valence-electron chi connectivity index (χ4n) is 3.58. The summed E-state index contributed by atoms with van der Waals surface area (Å²) in [5, 5.41) is 0. The van der Waals surface area contributed by atoms with Gasteiger partial charge in [0.15, 0.2) is 0 Å². The van der Waals surface area contributed by atoms with Gasteiger partial charge in [0.25, 0.3) is 0 Å². The Morgan fingerprint density at radius 2 is 1.67 bits per heavy atom. The highest BCUT2D eigenvalue weighted by Gasteiger charge is 2.68. The molecule has 1 fully saturated rings. The van der Waals surface area contributed by atoms with Crippen LogP contribution in [0, 0.1) is 22.7 Å². The normalized spacial score (nSPS) is 46.8. The lowest BCUT2D eigenvalue weighted by molar-refractivity contribution is 0.283. The van der Waals surface area contributed by atoms with E-state index in [1.54, 1.807) is 0 Å². The third-order valence-electron chi connectivity index (χ3n) is 4.98. The van der Waals surface area contributed by atoms with E-state index in [-0.39, 0.29) is 0 Å². The SMILES string of the molecule is CCC1C(C)(CC)C1(C)C(C)C. The van der Waals surface area contributed by atoms with Crippen molar-refractivity contribution in [1.29, 1.82) is 0 Å². The molecule has 1 saturated carbocycles. The molecule has 0 spiro atoms. The van der Waals surface area contributed by atoms with Crippen LogP contribution in [0.3, 0.4) is 0 Å². The van der Waals surface area contributed by atoms with Gasteiger partial charge >= 0.3 is 0 Å². The molecule has 0 aromatic rings. The van der Waals surface area contributed by atoms with E-state index in [0.717, 1.165) is 11.8 Å². The molecule has 0 bridgehead atoms. The minimum atomic E-state index is 0.622. The fourth-order valence-corrected chi connectivity index (χ4v) is 3.58. The summed E-state index contributed by atoms with van der Waals surface area (Å²) in [6, 6.07) is 0. The summed E-state index contributed by atoms with van der Waals surface area (Å²) >= 11 is 0. The zero-order chi connectivity index (χ0) is 9.57. The summed E-state index contributed by atoms with van der Waals surface area (Å²) in [6.45, 7) is 14.4. The molecule has 1 aliphatic carbocycles. The lowest BCUT2D eigenvalue weighted by Crippen LogP contribution is -2.13. The van der Waals surface area contributed by atoms with E-state index in [1.807, 2.05) is 0 Å². The molecule has 0 aromatic heterocycles. The first-order valence-corrected chi connectivity index (χ1v) is 5.45. The molecule has 0 heterocycles. The van der Waals surface area contributed by atoms with Crippen LogP contribution in [0.1, 0.15) is 54.4 Å². The quantitative estimate of drug-likeness (QED) is 0.595. The molecule has 0 amide bonds. The van der Waals surface area contributed by atoms with Crippen LogP contribution in [-0.2, 0) is 0 Å². The lowest BCUT2D eigenvalue weighted by atomic mass is 9.84. The first-order chi connectivity index (χ1) is 5.45. The molecule has 1 aliphatic rings. The van der Waals surface area contributed by atoms with Gasteiger partial charge in [-0.3, -0.25) is 0 Å². The predicted molar refractivity (Wildman–Crippen MR) is 55.1 cm³/mol. The van der Waals surface area contributed by atoms with Gasteiger partial charge in [0.2, 0.25) is 0 Å². The van der Waals surface area contributed by atoms with E-state index in [0.29, 0.717) is 10.8 Å².